The summed E-state index contributed by atoms with van der Waals surface area (Å²) in [6.07, 6.45) is 7.85. The van der Waals surface area contributed by atoms with Gasteiger partial charge in [-0.15, -0.1) is 0 Å². The van der Waals surface area contributed by atoms with E-state index in [1.165, 1.54) is 4.90 Å². The fraction of sp³-hybridized carbons (Fsp3) is 0.700. The number of benzene rings is 1. The van der Waals surface area contributed by atoms with Crippen LogP contribution in [0.5, 0.6) is 0 Å². The molecule has 5 N–H and O–H groups in total. The number of carbonyl (C=O) groups excluding carboxylic acids is 5. The molecule has 1 aliphatic heterocycles. The second-order valence-corrected chi connectivity index (χ2v) is 20.0. The number of rotatable bonds is 14. The van der Waals surface area contributed by atoms with Crippen LogP contribution in [-0.2, 0) is 30.5 Å². The molecule has 3 fully saturated rings. The second kappa shape index (κ2) is 17.7. The molecule has 2 aliphatic carbocycles. The highest BCUT2D eigenvalue weighted by Crippen LogP contribution is 2.40. The van der Waals surface area contributed by atoms with Crippen molar-refractivity contribution in [3.8, 4) is 0 Å². The van der Waals surface area contributed by atoms with E-state index in [4.69, 9.17) is 10.5 Å². The lowest BCUT2D eigenvalue weighted by Crippen LogP contribution is -2.62. The predicted octanol–water partition coefficient (Wildman–Crippen LogP) is 5.21. The predicted molar refractivity (Wildman–Crippen MR) is 208 cm³/mol. The minimum Gasteiger partial charge on any atom is -0.372 e. The van der Waals surface area contributed by atoms with Gasteiger partial charge in [0.1, 0.15) is 12.1 Å². The quantitative estimate of drug-likeness (QED) is 0.151. The zero-order valence-electron chi connectivity index (χ0n) is 32.4. The van der Waals surface area contributed by atoms with Crippen LogP contribution in [-0.4, -0.2) is 86.6 Å². The van der Waals surface area contributed by atoms with Crippen molar-refractivity contribution in [3.63, 3.8) is 0 Å². The number of urea groups is 1. The van der Waals surface area contributed by atoms with Crippen LogP contribution >= 0.6 is 10.5 Å². The number of hydrogen-bond acceptors (Lipinski definition) is 6. The molecule has 2 saturated carbocycles. The van der Waals surface area contributed by atoms with Crippen LogP contribution in [0.25, 0.3) is 0 Å². The number of nitrogens with one attached hydrogen (secondary N) is 3. The lowest BCUT2D eigenvalue weighted by Gasteiger charge is -2.42. The number of primary amides is 1. The molecule has 3 aliphatic rings. The Balaban J connectivity index is 1.57. The van der Waals surface area contributed by atoms with Gasteiger partial charge in [0.25, 0.3) is 5.91 Å². The SMILES string of the molecule is C/C=S(/CC1(NC(=O)N[C@H](C(=O)N2CC(OCc3ccccc3)C[C@H]2C(=O)NC(CC2CCC2)C(=O)C(N)=O)C(C)(C)C)CCCCC1)C(C)(C)C. The van der Waals surface area contributed by atoms with Crippen molar-refractivity contribution >= 4 is 45.4 Å². The highest BCUT2D eigenvalue weighted by molar-refractivity contribution is 8.16. The van der Waals surface area contributed by atoms with Crippen molar-refractivity contribution in [1.82, 2.24) is 20.9 Å². The number of hydrogen-bond donors (Lipinski definition) is 4. The van der Waals surface area contributed by atoms with Crippen molar-refractivity contribution in [3.05, 3.63) is 35.9 Å². The molecule has 5 amide bonds. The summed E-state index contributed by atoms with van der Waals surface area (Å²) in [6.45, 7) is 14.9. The van der Waals surface area contributed by atoms with Gasteiger partial charge in [-0.3, -0.25) is 19.2 Å². The molecule has 1 saturated heterocycles. The lowest BCUT2D eigenvalue weighted by atomic mass is 9.80. The van der Waals surface area contributed by atoms with Crippen LogP contribution in [0, 0.1) is 11.3 Å². The molecule has 52 heavy (non-hydrogen) atoms. The van der Waals surface area contributed by atoms with Crippen molar-refractivity contribution in [2.24, 2.45) is 17.1 Å². The monoisotopic (exact) mass is 741 g/mol. The van der Waals surface area contributed by atoms with Gasteiger partial charge in [0, 0.05) is 23.5 Å². The third-order valence-electron chi connectivity index (χ3n) is 10.9. The lowest BCUT2D eigenvalue weighted by molar-refractivity contribution is -0.143. The molecule has 290 valence electrons. The van der Waals surface area contributed by atoms with E-state index in [2.05, 4.69) is 49.0 Å². The Bertz CT molecular complexity index is 1460. The molecule has 0 spiro atoms. The average molecular weight is 742 g/mol. The fourth-order valence-electron chi connectivity index (χ4n) is 7.64. The summed E-state index contributed by atoms with van der Waals surface area (Å²) in [5.74, 6) is -1.83. The molecule has 1 aromatic carbocycles. The Labute approximate surface area is 313 Å². The smallest absolute Gasteiger partial charge is 0.315 e. The van der Waals surface area contributed by atoms with Crippen LogP contribution < -0.4 is 21.7 Å². The van der Waals surface area contributed by atoms with E-state index in [1.807, 2.05) is 51.1 Å². The van der Waals surface area contributed by atoms with Gasteiger partial charge < -0.3 is 31.3 Å². The maximum absolute atomic E-state index is 14.7. The summed E-state index contributed by atoms with van der Waals surface area (Å²) in [5, 5.41) is 11.5. The summed E-state index contributed by atoms with van der Waals surface area (Å²) in [7, 11) is -0.0393. The van der Waals surface area contributed by atoms with Gasteiger partial charge in [0.05, 0.1) is 24.3 Å². The van der Waals surface area contributed by atoms with Gasteiger partial charge in [-0.25, -0.2) is 4.79 Å². The average Bonchev–Trinajstić information content (AvgIpc) is 3.50. The highest BCUT2D eigenvalue weighted by Gasteiger charge is 2.47. The van der Waals surface area contributed by atoms with Gasteiger partial charge in [-0.05, 0) is 43.1 Å². The molecule has 11 nitrogen and oxygen atoms in total. The van der Waals surface area contributed by atoms with Crippen molar-refractivity contribution in [1.29, 1.82) is 0 Å². The molecule has 3 unspecified atom stereocenters. The second-order valence-electron chi connectivity index (χ2n) is 17.1. The normalized spacial score (nSPS) is 22.5. The van der Waals surface area contributed by atoms with E-state index in [-0.39, 0.29) is 39.7 Å². The Kier molecular flexibility index (Phi) is 14.1. The number of nitrogens with two attached hydrogens (primary N) is 1. The fourth-order valence-corrected chi connectivity index (χ4v) is 9.90. The Morgan fingerprint density at radius 2 is 1.63 bits per heavy atom. The largest absolute Gasteiger partial charge is 0.372 e. The van der Waals surface area contributed by atoms with E-state index in [0.717, 1.165) is 62.7 Å². The first kappa shape index (κ1) is 41.5. The summed E-state index contributed by atoms with van der Waals surface area (Å²) in [5.41, 5.74) is 5.25. The standard InChI is InChI=1S/C40H63N5O6S/c1-8-52(39(5,6)7)26-40(20-13-10-14-21-40)44-37(50)43-33(38(2,3)4)36(49)45-24-29(51-25-28-16-11-9-12-17-28)23-31(45)35(48)42-30(32(46)34(41)47)22-27-18-15-19-27/h8-9,11-12,16-17,27,29-31,33H,10,13-15,18-26H2,1-7H3,(H2,41,47)(H,42,48)(H2,43,44,50)/t29?,30?,31-,33+,52?/m0/s1. The van der Waals surface area contributed by atoms with E-state index in [1.54, 1.807) is 0 Å². The summed E-state index contributed by atoms with van der Waals surface area (Å²) in [6, 6.07) is 6.25. The molecule has 12 heteroatoms. The molecular weight excluding hydrogens is 679 g/mol. The van der Waals surface area contributed by atoms with E-state index < -0.39 is 59.2 Å². The van der Waals surface area contributed by atoms with E-state index in [9.17, 15) is 24.0 Å². The van der Waals surface area contributed by atoms with Crippen molar-refractivity contribution < 1.29 is 28.7 Å². The minimum absolute atomic E-state index is 0.0393. The molecule has 5 atom stereocenters. The molecule has 0 radical (unpaired) electrons. The molecule has 1 heterocycles. The number of likely N-dealkylation sites (tertiary alicyclic amines) is 1. The zero-order valence-corrected chi connectivity index (χ0v) is 33.2. The first-order valence-corrected chi connectivity index (χ1v) is 20.6. The van der Waals surface area contributed by atoms with Crippen molar-refractivity contribution in [2.75, 3.05) is 12.3 Å². The van der Waals surface area contributed by atoms with Crippen molar-refractivity contribution in [2.45, 2.75) is 154 Å². The zero-order chi connectivity index (χ0) is 38.3. The number of Topliss-reactive ketones (excluding diaryl/α,β-unsaturated/α-hetero) is 1. The number of nitrogens with zero attached hydrogens (tertiary/aromatic N) is 1. The first-order chi connectivity index (χ1) is 24.4. The van der Waals surface area contributed by atoms with Gasteiger partial charge in [-0.2, -0.15) is 10.5 Å². The van der Waals surface area contributed by atoms with Crippen LogP contribution in [0.4, 0.5) is 4.79 Å². The number of ketones is 1. The van der Waals surface area contributed by atoms with E-state index >= 15 is 0 Å². The summed E-state index contributed by atoms with van der Waals surface area (Å²) < 4.78 is 6.31. The number of amides is 5. The molecule has 4 rings (SSSR count). The van der Waals surface area contributed by atoms with Gasteiger partial charge in [0.2, 0.25) is 17.6 Å². The van der Waals surface area contributed by atoms with Gasteiger partial charge in [0.15, 0.2) is 0 Å². The van der Waals surface area contributed by atoms with Crippen LogP contribution in [0.3, 0.4) is 0 Å². The third kappa shape index (κ3) is 11.1. The number of ether oxygens (including phenoxy) is 1. The minimum atomic E-state index is -1.10. The first-order valence-electron chi connectivity index (χ1n) is 19.1. The Morgan fingerprint density at radius 1 is 0.981 bits per heavy atom. The Morgan fingerprint density at radius 3 is 2.17 bits per heavy atom. The van der Waals surface area contributed by atoms with Crippen LogP contribution in [0.15, 0.2) is 30.3 Å². The number of carbonyl (C=O) groups is 5. The molecular formula is C40H63N5O6S. The maximum atomic E-state index is 14.7. The summed E-state index contributed by atoms with van der Waals surface area (Å²) in [4.78, 5) is 69.0. The van der Waals surface area contributed by atoms with Gasteiger partial charge >= 0.3 is 6.03 Å². The molecule has 0 aromatic heterocycles. The van der Waals surface area contributed by atoms with Crippen LogP contribution in [0.2, 0.25) is 0 Å². The maximum Gasteiger partial charge on any atom is 0.315 e. The molecule has 1 aromatic rings. The third-order valence-corrected chi connectivity index (χ3v) is 13.9. The molecule has 0 bridgehead atoms. The topological polar surface area (TPSA) is 160 Å². The van der Waals surface area contributed by atoms with Crippen LogP contribution in [0.1, 0.15) is 118 Å². The highest BCUT2D eigenvalue weighted by atomic mass is 32.2. The Hall–Kier alpha value is -3.25. The summed E-state index contributed by atoms with van der Waals surface area (Å²) >= 11 is 0. The van der Waals surface area contributed by atoms with E-state index in [0.29, 0.717) is 13.0 Å². The van der Waals surface area contributed by atoms with Gasteiger partial charge in [-0.1, -0.05) is 116 Å².